The van der Waals surface area contributed by atoms with Gasteiger partial charge in [-0.1, -0.05) is 26.7 Å². The maximum atomic E-state index is 12.1. The highest BCUT2D eigenvalue weighted by molar-refractivity contribution is 5.76. The summed E-state index contributed by atoms with van der Waals surface area (Å²) in [7, 11) is 0. The SMILES string of the molecule is CCC(CC)Cn1c(C)c(C(C)C(=O)O)c(C)nc1=O. The molecule has 0 aliphatic rings. The van der Waals surface area contributed by atoms with Gasteiger partial charge < -0.3 is 5.11 Å². The smallest absolute Gasteiger partial charge is 0.347 e. The molecule has 1 atom stereocenters. The van der Waals surface area contributed by atoms with Crippen LogP contribution in [0.15, 0.2) is 4.79 Å². The van der Waals surface area contributed by atoms with Gasteiger partial charge in [0, 0.05) is 23.5 Å². The summed E-state index contributed by atoms with van der Waals surface area (Å²) in [5.74, 6) is -1.15. The first-order valence-electron chi connectivity index (χ1n) is 7.14. The Morgan fingerprint density at radius 1 is 1.30 bits per heavy atom. The van der Waals surface area contributed by atoms with Crippen LogP contribution in [0.1, 0.15) is 56.5 Å². The lowest BCUT2D eigenvalue weighted by molar-refractivity contribution is -0.138. The Kier molecular flexibility index (Phi) is 5.48. The summed E-state index contributed by atoms with van der Waals surface area (Å²) >= 11 is 0. The Hall–Kier alpha value is -1.65. The van der Waals surface area contributed by atoms with Gasteiger partial charge in [0.05, 0.1) is 5.92 Å². The number of aromatic nitrogens is 2. The molecule has 5 nitrogen and oxygen atoms in total. The fourth-order valence-corrected chi connectivity index (χ4v) is 2.58. The number of aryl methyl sites for hydroxylation is 1. The molecule has 1 rings (SSSR count). The third kappa shape index (κ3) is 3.26. The maximum Gasteiger partial charge on any atom is 0.347 e. The number of carbonyl (C=O) groups is 1. The minimum atomic E-state index is -0.897. The van der Waals surface area contributed by atoms with Gasteiger partial charge in [-0.15, -0.1) is 0 Å². The van der Waals surface area contributed by atoms with Gasteiger partial charge in [-0.05, 0) is 26.7 Å². The maximum absolute atomic E-state index is 12.1. The Balaban J connectivity index is 3.36. The van der Waals surface area contributed by atoms with Crippen LogP contribution in [0.3, 0.4) is 0 Å². The number of carboxylic acid groups (broad SMARTS) is 1. The second-order valence-corrected chi connectivity index (χ2v) is 5.33. The van der Waals surface area contributed by atoms with Gasteiger partial charge in [0.2, 0.25) is 0 Å². The summed E-state index contributed by atoms with van der Waals surface area (Å²) in [6, 6.07) is 0. The second-order valence-electron chi connectivity index (χ2n) is 5.33. The van der Waals surface area contributed by atoms with Gasteiger partial charge in [0.15, 0.2) is 0 Å². The molecule has 5 heteroatoms. The number of carboxylic acids is 1. The Morgan fingerprint density at radius 2 is 1.85 bits per heavy atom. The van der Waals surface area contributed by atoms with Gasteiger partial charge in [-0.25, -0.2) is 4.79 Å². The Morgan fingerprint density at radius 3 is 2.30 bits per heavy atom. The van der Waals surface area contributed by atoms with Crippen molar-refractivity contribution in [3.8, 4) is 0 Å². The summed E-state index contributed by atoms with van der Waals surface area (Å²) in [4.78, 5) is 27.3. The van der Waals surface area contributed by atoms with Crippen molar-refractivity contribution in [2.75, 3.05) is 0 Å². The monoisotopic (exact) mass is 280 g/mol. The first-order valence-corrected chi connectivity index (χ1v) is 7.14. The first kappa shape index (κ1) is 16.4. The second kappa shape index (κ2) is 6.68. The summed E-state index contributed by atoms with van der Waals surface area (Å²) in [6.07, 6.45) is 1.97. The lowest BCUT2D eigenvalue weighted by atomic mass is 9.97. The van der Waals surface area contributed by atoms with Crippen LogP contribution in [0.5, 0.6) is 0 Å². The van der Waals surface area contributed by atoms with Crippen LogP contribution in [0.4, 0.5) is 0 Å². The lowest BCUT2D eigenvalue weighted by Gasteiger charge is -2.21. The molecule has 1 N–H and O–H groups in total. The first-order chi connectivity index (χ1) is 9.33. The minimum Gasteiger partial charge on any atom is -0.481 e. The van der Waals surface area contributed by atoms with Gasteiger partial charge in [0.1, 0.15) is 0 Å². The Labute approximate surface area is 119 Å². The van der Waals surface area contributed by atoms with Crippen molar-refractivity contribution in [2.24, 2.45) is 5.92 Å². The molecule has 0 amide bonds. The van der Waals surface area contributed by atoms with Crippen molar-refractivity contribution < 1.29 is 9.90 Å². The van der Waals surface area contributed by atoms with E-state index in [9.17, 15) is 14.7 Å². The molecule has 1 aromatic heterocycles. The van der Waals surface area contributed by atoms with Crippen molar-refractivity contribution in [3.05, 3.63) is 27.4 Å². The zero-order chi connectivity index (χ0) is 15.4. The average Bonchev–Trinajstić information content (AvgIpc) is 2.38. The van der Waals surface area contributed by atoms with Crippen LogP contribution in [-0.4, -0.2) is 20.6 Å². The molecule has 0 saturated carbocycles. The van der Waals surface area contributed by atoms with Crippen LogP contribution >= 0.6 is 0 Å². The summed E-state index contributed by atoms with van der Waals surface area (Å²) in [5.41, 5.74) is 1.61. The third-order valence-corrected chi connectivity index (χ3v) is 4.08. The molecule has 0 spiro atoms. The Bertz CT molecular complexity index is 545. The molecule has 20 heavy (non-hydrogen) atoms. The number of nitrogens with zero attached hydrogens (tertiary/aromatic N) is 2. The van der Waals surface area contributed by atoms with E-state index in [1.165, 1.54) is 0 Å². The highest BCUT2D eigenvalue weighted by Gasteiger charge is 2.22. The molecular weight excluding hydrogens is 256 g/mol. The van der Waals surface area contributed by atoms with E-state index < -0.39 is 11.9 Å². The molecule has 0 aromatic carbocycles. The van der Waals surface area contributed by atoms with E-state index in [1.807, 2.05) is 6.92 Å². The van der Waals surface area contributed by atoms with Crippen LogP contribution in [-0.2, 0) is 11.3 Å². The highest BCUT2D eigenvalue weighted by Crippen LogP contribution is 2.22. The number of aliphatic carboxylic acids is 1. The van der Waals surface area contributed by atoms with Gasteiger partial charge in [-0.2, -0.15) is 4.98 Å². The molecule has 0 aliphatic carbocycles. The number of hydrogen-bond donors (Lipinski definition) is 1. The van der Waals surface area contributed by atoms with Crippen LogP contribution in [0.2, 0.25) is 0 Å². The van der Waals surface area contributed by atoms with Gasteiger partial charge >= 0.3 is 11.7 Å². The third-order valence-electron chi connectivity index (χ3n) is 4.08. The van der Waals surface area contributed by atoms with Crippen molar-refractivity contribution in [1.82, 2.24) is 9.55 Å². The predicted octanol–water partition coefficient (Wildman–Crippen LogP) is 2.48. The van der Waals surface area contributed by atoms with E-state index in [0.29, 0.717) is 23.7 Å². The molecular formula is C15H24N2O3. The van der Waals surface area contributed by atoms with Crippen LogP contribution in [0, 0.1) is 19.8 Å². The normalized spacial score (nSPS) is 12.7. The summed E-state index contributed by atoms with van der Waals surface area (Å²) in [6.45, 7) is 9.93. The molecule has 0 bridgehead atoms. The molecule has 112 valence electrons. The molecule has 1 unspecified atom stereocenters. The minimum absolute atomic E-state index is 0.284. The lowest BCUT2D eigenvalue weighted by Crippen LogP contribution is -2.31. The fourth-order valence-electron chi connectivity index (χ4n) is 2.58. The van der Waals surface area contributed by atoms with E-state index in [1.54, 1.807) is 18.4 Å². The van der Waals surface area contributed by atoms with E-state index in [0.717, 1.165) is 18.5 Å². The average molecular weight is 280 g/mol. The molecule has 0 radical (unpaired) electrons. The molecule has 0 saturated heterocycles. The van der Waals surface area contributed by atoms with Gasteiger partial charge in [0.25, 0.3) is 0 Å². The fraction of sp³-hybridized carbons (Fsp3) is 0.667. The standard InChI is InChI=1S/C15H24N2O3/c1-6-12(7-2)8-17-11(5)13(9(3)14(18)19)10(4)16-15(17)20/h9,12H,6-8H2,1-5H3,(H,18,19). The molecule has 1 aromatic rings. The van der Waals surface area contributed by atoms with E-state index in [4.69, 9.17) is 0 Å². The predicted molar refractivity (Wildman–Crippen MR) is 78.1 cm³/mol. The van der Waals surface area contributed by atoms with Crippen molar-refractivity contribution >= 4 is 5.97 Å². The topological polar surface area (TPSA) is 72.2 Å². The van der Waals surface area contributed by atoms with Crippen molar-refractivity contribution in [3.63, 3.8) is 0 Å². The van der Waals surface area contributed by atoms with E-state index in [-0.39, 0.29) is 5.69 Å². The number of hydrogen-bond acceptors (Lipinski definition) is 3. The largest absolute Gasteiger partial charge is 0.481 e. The molecule has 0 fully saturated rings. The highest BCUT2D eigenvalue weighted by atomic mass is 16.4. The van der Waals surface area contributed by atoms with Crippen molar-refractivity contribution in [1.29, 1.82) is 0 Å². The summed E-state index contributed by atoms with van der Waals surface area (Å²) in [5, 5.41) is 9.20. The number of rotatable bonds is 6. The van der Waals surface area contributed by atoms with E-state index in [2.05, 4.69) is 18.8 Å². The van der Waals surface area contributed by atoms with Crippen LogP contribution in [0.25, 0.3) is 0 Å². The van der Waals surface area contributed by atoms with Gasteiger partial charge in [-0.3, -0.25) is 9.36 Å². The molecule has 0 aliphatic heterocycles. The summed E-state index contributed by atoms with van der Waals surface area (Å²) < 4.78 is 1.62. The zero-order valence-electron chi connectivity index (χ0n) is 12.9. The quantitative estimate of drug-likeness (QED) is 0.869. The van der Waals surface area contributed by atoms with Crippen LogP contribution < -0.4 is 5.69 Å². The van der Waals surface area contributed by atoms with E-state index >= 15 is 0 Å². The molecule has 1 heterocycles. The van der Waals surface area contributed by atoms with Crippen molar-refractivity contribution in [2.45, 2.75) is 59.9 Å². The zero-order valence-corrected chi connectivity index (χ0v) is 12.9.